The zero-order valence-electron chi connectivity index (χ0n) is 6.11. The number of carbonyl (C=O) groups is 1. The summed E-state index contributed by atoms with van der Waals surface area (Å²) in [5.41, 5.74) is 0. The van der Waals surface area contributed by atoms with Gasteiger partial charge < -0.3 is 9.26 Å². The second-order valence-corrected chi connectivity index (χ2v) is 1.91. The monoisotopic (exact) mass is 156 g/mol. The van der Waals surface area contributed by atoms with Crippen molar-refractivity contribution in [2.45, 2.75) is 6.42 Å². The minimum absolute atomic E-state index is 0.0797. The lowest BCUT2D eigenvalue weighted by molar-refractivity contribution is 0.111. The van der Waals surface area contributed by atoms with E-state index in [9.17, 15) is 4.79 Å². The number of rotatable bonds is 4. The standard InChI is InChI=1S/C6H8N2O3/c1-10-3-2-6-7-5(4-9)8-11-6/h4H,2-3H2,1H3. The van der Waals surface area contributed by atoms with Crippen LogP contribution in [0.4, 0.5) is 0 Å². The Morgan fingerprint density at radius 2 is 2.55 bits per heavy atom. The van der Waals surface area contributed by atoms with Crippen molar-refractivity contribution in [1.82, 2.24) is 10.1 Å². The van der Waals surface area contributed by atoms with E-state index in [0.29, 0.717) is 25.2 Å². The molecule has 0 aliphatic heterocycles. The quantitative estimate of drug-likeness (QED) is 0.577. The number of hydrogen-bond donors (Lipinski definition) is 0. The molecule has 0 aromatic carbocycles. The Bertz CT molecular complexity index is 233. The molecule has 0 N–H and O–H groups in total. The highest BCUT2D eigenvalue weighted by atomic mass is 16.5. The number of nitrogens with zero attached hydrogens (tertiary/aromatic N) is 2. The molecule has 60 valence electrons. The molecule has 0 bridgehead atoms. The molecule has 0 atom stereocenters. The Balaban J connectivity index is 2.51. The smallest absolute Gasteiger partial charge is 0.235 e. The molecule has 0 saturated heterocycles. The van der Waals surface area contributed by atoms with E-state index in [1.54, 1.807) is 7.11 Å². The topological polar surface area (TPSA) is 65.2 Å². The fourth-order valence-electron chi connectivity index (χ4n) is 0.607. The first-order valence-corrected chi connectivity index (χ1v) is 3.13. The lowest BCUT2D eigenvalue weighted by atomic mass is 10.4. The van der Waals surface area contributed by atoms with E-state index < -0.39 is 0 Å². The summed E-state index contributed by atoms with van der Waals surface area (Å²) in [4.78, 5) is 13.8. The first-order chi connectivity index (χ1) is 5.36. The van der Waals surface area contributed by atoms with Crippen LogP contribution in [0.25, 0.3) is 0 Å². The van der Waals surface area contributed by atoms with Gasteiger partial charge in [0.05, 0.1) is 13.0 Å². The Morgan fingerprint density at radius 1 is 1.73 bits per heavy atom. The molecule has 0 unspecified atom stereocenters. The summed E-state index contributed by atoms with van der Waals surface area (Å²) in [5, 5.41) is 3.38. The minimum Gasteiger partial charge on any atom is -0.384 e. The molecule has 11 heavy (non-hydrogen) atoms. The highest BCUT2D eigenvalue weighted by molar-refractivity contribution is 5.68. The minimum atomic E-state index is 0.0797. The maximum absolute atomic E-state index is 10.1. The number of carbonyl (C=O) groups excluding carboxylic acids is 1. The molecule has 0 aliphatic rings. The molecular formula is C6H8N2O3. The fourth-order valence-corrected chi connectivity index (χ4v) is 0.607. The van der Waals surface area contributed by atoms with Crippen LogP contribution >= 0.6 is 0 Å². The molecule has 1 rings (SSSR count). The van der Waals surface area contributed by atoms with Crippen LogP contribution < -0.4 is 0 Å². The lowest BCUT2D eigenvalue weighted by Gasteiger charge is -1.89. The van der Waals surface area contributed by atoms with Gasteiger partial charge in [0.2, 0.25) is 11.7 Å². The first kappa shape index (κ1) is 7.87. The zero-order chi connectivity index (χ0) is 8.10. The van der Waals surface area contributed by atoms with E-state index in [1.165, 1.54) is 0 Å². The molecule has 1 heterocycles. The van der Waals surface area contributed by atoms with E-state index in [4.69, 9.17) is 4.74 Å². The normalized spacial score (nSPS) is 9.91. The van der Waals surface area contributed by atoms with Crippen LogP contribution in [0.1, 0.15) is 16.5 Å². The third-order valence-electron chi connectivity index (χ3n) is 1.11. The van der Waals surface area contributed by atoms with Crippen LogP contribution in [0.5, 0.6) is 0 Å². The van der Waals surface area contributed by atoms with Gasteiger partial charge in [0.15, 0.2) is 6.29 Å². The van der Waals surface area contributed by atoms with Crippen molar-refractivity contribution in [1.29, 1.82) is 0 Å². The largest absolute Gasteiger partial charge is 0.384 e. The molecule has 0 spiro atoms. The van der Waals surface area contributed by atoms with Crippen LogP contribution in [0, 0.1) is 0 Å². The summed E-state index contributed by atoms with van der Waals surface area (Å²) in [6, 6.07) is 0. The van der Waals surface area contributed by atoms with Gasteiger partial charge in [0.1, 0.15) is 0 Å². The van der Waals surface area contributed by atoms with Gasteiger partial charge in [-0.05, 0) is 0 Å². The number of aldehydes is 1. The molecule has 0 radical (unpaired) electrons. The van der Waals surface area contributed by atoms with Gasteiger partial charge in [-0.3, -0.25) is 4.79 Å². The van der Waals surface area contributed by atoms with E-state index in [2.05, 4.69) is 14.7 Å². The number of aromatic nitrogens is 2. The first-order valence-electron chi connectivity index (χ1n) is 3.13. The average Bonchev–Trinajstić information content (AvgIpc) is 2.48. The Kier molecular flexibility index (Phi) is 2.74. The Hall–Kier alpha value is -1.23. The maximum atomic E-state index is 10.1. The van der Waals surface area contributed by atoms with Crippen LogP contribution in [0.3, 0.4) is 0 Å². The van der Waals surface area contributed by atoms with E-state index >= 15 is 0 Å². The van der Waals surface area contributed by atoms with E-state index in [0.717, 1.165) is 0 Å². The zero-order valence-corrected chi connectivity index (χ0v) is 6.11. The van der Waals surface area contributed by atoms with Crippen LogP contribution in [0.15, 0.2) is 4.52 Å². The van der Waals surface area contributed by atoms with Crippen LogP contribution in [-0.4, -0.2) is 30.1 Å². The summed E-state index contributed by atoms with van der Waals surface area (Å²) in [7, 11) is 1.58. The fraction of sp³-hybridized carbons (Fsp3) is 0.500. The summed E-state index contributed by atoms with van der Waals surface area (Å²) in [5.74, 6) is 0.505. The molecule has 5 nitrogen and oxygen atoms in total. The summed E-state index contributed by atoms with van der Waals surface area (Å²) in [6.07, 6.45) is 1.08. The van der Waals surface area contributed by atoms with Crippen molar-refractivity contribution in [3.63, 3.8) is 0 Å². The SMILES string of the molecule is COCCc1nc(C=O)no1. The molecule has 0 amide bonds. The summed E-state index contributed by atoms with van der Waals surface area (Å²) >= 11 is 0. The van der Waals surface area contributed by atoms with Gasteiger partial charge in [-0.2, -0.15) is 4.98 Å². The van der Waals surface area contributed by atoms with Gasteiger partial charge in [-0.1, -0.05) is 5.16 Å². The molecule has 5 heteroatoms. The average molecular weight is 156 g/mol. The number of methoxy groups -OCH3 is 1. The van der Waals surface area contributed by atoms with Gasteiger partial charge in [0.25, 0.3) is 0 Å². The van der Waals surface area contributed by atoms with E-state index in [1.807, 2.05) is 0 Å². The van der Waals surface area contributed by atoms with E-state index in [-0.39, 0.29) is 5.82 Å². The predicted octanol–water partition coefficient (Wildman–Crippen LogP) is 0.0710. The third kappa shape index (κ3) is 2.12. The summed E-state index contributed by atoms with van der Waals surface area (Å²) < 4.78 is 9.46. The predicted molar refractivity (Wildman–Crippen MR) is 35.3 cm³/mol. The molecular weight excluding hydrogens is 148 g/mol. The van der Waals surface area contributed by atoms with Gasteiger partial charge >= 0.3 is 0 Å². The van der Waals surface area contributed by atoms with Crippen molar-refractivity contribution in [2.75, 3.05) is 13.7 Å². The maximum Gasteiger partial charge on any atom is 0.235 e. The number of hydrogen-bond acceptors (Lipinski definition) is 5. The second-order valence-electron chi connectivity index (χ2n) is 1.91. The lowest BCUT2D eigenvalue weighted by Crippen LogP contribution is -1.94. The van der Waals surface area contributed by atoms with Gasteiger partial charge in [-0.15, -0.1) is 0 Å². The van der Waals surface area contributed by atoms with Crippen LogP contribution in [0.2, 0.25) is 0 Å². The van der Waals surface area contributed by atoms with Crippen molar-refractivity contribution < 1.29 is 14.1 Å². The van der Waals surface area contributed by atoms with Gasteiger partial charge in [0, 0.05) is 7.11 Å². The second kappa shape index (κ2) is 3.82. The summed E-state index contributed by atoms with van der Waals surface area (Å²) in [6.45, 7) is 0.514. The number of ether oxygens (including phenoxy) is 1. The van der Waals surface area contributed by atoms with Crippen LogP contribution in [-0.2, 0) is 11.2 Å². The van der Waals surface area contributed by atoms with Crippen molar-refractivity contribution in [2.24, 2.45) is 0 Å². The molecule has 1 aromatic heterocycles. The van der Waals surface area contributed by atoms with Crippen molar-refractivity contribution in [3.8, 4) is 0 Å². The van der Waals surface area contributed by atoms with Crippen molar-refractivity contribution in [3.05, 3.63) is 11.7 Å². The molecule has 0 aliphatic carbocycles. The Morgan fingerprint density at radius 3 is 3.09 bits per heavy atom. The highest BCUT2D eigenvalue weighted by Crippen LogP contribution is 1.95. The van der Waals surface area contributed by atoms with Gasteiger partial charge in [-0.25, -0.2) is 0 Å². The molecule has 0 fully saturated rings. The third-order valence-corrected chi connectivity index (χ3v) is 1.11. The molecule has 0 saturated carbocycles. The van der Waals surface area contributed by atoms with Crippen molar-refractivity contribution >= 4 is 6.29 Å². The highest BCUT2D eigenvalue weighted by Gasteiger charge is 2.03. The Labute approximate surface area is 63.4 Å². The molecule has 1 aromatic rings.